The smallest absolute Gasteiger partial charge is 0.257 e. The minimum absolute atomic E-state index is 0.0685. The molecule has 0 spiro atoms. The number of piperazine rings is 1. The van der Waals surface area contributed by atoms with E-state index in [2.05, 4.69) is 4.98 Å². The van der Waals surface area contributed by atoms with Gasteiger partial charge in [-0.15, -0.1) is 0 Å². The van der Waals surface area contributed by atoms with Crippen LogP contribution in [0.2, 0.25) is 0 Å². The number of phenols is 1. The number of hydrogen-bond acceptors (Lipinski definition) is 5. The maximum atomic E-state index is 12.6. The van der Waals surface area contributed by atoms with Crippen molar-refractivity contribution in [2.45, 2.75) is 11.8 Å². The van der Waals surface area contributed by atoms with Crippen LogP contribution in [0.4, 0.5) is 0 Å². The summed E-state index contributed by atoms with van der Waals surface area (Å²) >= 11 is 0. The van der Waals surface area contributed by atoms with Crippen molar-refractivity contribution in [3.8, 4) is 5.75 Å². The van der Waals surface area contributed by atoms with Crippen molar-refractivity contribution in [3.63, 3.8) is 0 Å². The summed E-state index contributed by atoms with van der Waals surface area (Å²) in [5.41, 5.74) is 1.11. The molecule has 1 fully saturated rings. The van der Waals surface area contributed by atoms with Gasteiger partial charge in [0.15, 0.2) is 0 Å². The highest BCUT2D eigenvalue weighted by atomic mass is 32.2. The van der Waals surface area contributed by atoms with Gasteiger partial charge in [-0.05, 0) is 31.2 Å². The van der Waals surface area contributed by atoms with E-state index < -0.39 is 10.0 Å². The second-order valence-corrected chi connectivity index (χ2v) is 7.84. The Balaban J connectivity index is 1.72. The number of benzene rings is 1. The maximum Gasteiger partial charge on any atom is 0.257 e. The van der Waals surface area contributed by atoms with E-state index in [1.807, 2.05) is 6.92 Å². The number of carbonyl (C=O) groups is 1. The lowest BCUT2D eigenvalue weighted by molar-refractivity contribution is 0.0694. The summed E-state index contributed by atoms with van der Waals surface area (Å²) in [7, 11) is -3.61. The average Bonchev–Trinajstić information content (AvgIpc) is 2.64. The first-order valence-corrected chi connectivity index (χ1v) is 9.32. The summed E-state index contributed by atoms with van der Waals surface area (Å²) in [6, 6.07) is 7.93. The Labute approximate surface area is 146 Å². The second kappa shape index (κ2) is 6.81. The lowest BCUT2D eigenvalue weighted by atomic mass is 10.1. The molecule has 7 nitrogen and oxygen atoms in total. The van der Waals surface area contributed by atoms with Gasteiger partial charge in [-0.25, -0.2) is 8.42 Å². The molecule has 0 aliphatic carbocycles. The van der Waals surface area contributed by atoms with Crippen LogP contribution in [-0.4, -0.2) is 59.8 Å². The number of pyridine rings is 1. The van der Waals surface area contributed by atoms with Crippen LogP contribution in [0.15, 0.2) is 47.6 Å². The molecule has 25 heavy (non-hydrogen) atoms. The molecule has 1 aliphatic heterocycles. The molecule has 1 saturated heterocycles. The number of hydrogen-bond donors (Lipinski definition) is 1. The monoisotopic (exact) mass is 361 g/mol. The van der Waals surface area contributed by atoms with Gasteiger partial charge < -0.3 is 10.0 Å². The normalized spacial score (nSPS) is 16.0. The number of aromatic nitrogens is 1. The zero-order valence-corrected chi connectivity index (χ0v) is 14.6. The molecule has 1 aromatic heterocycles. The van der Waals surface area contributed by atoms with Crippen molar-refractivity contribution in [2.24, 2.45) is 0 Å². The Morgan fingerprint density at radius 1 is 1.16 bits per heavy atom. The van der Waals surface area contributed by atoms with E-state index in [-0.39, 0.29) is 48.3 Å². The van der Waals surface area contributed by atoms with Crippen molar-refractivity contribution < 1.29 is 18.3 Å². The average molecular weight is 361 g/mol. The summed E-state index contributed by atoms with van der Waals surface area (Å²) in [4.78, 5) is 18.1. The van der Waals surface area contributed by atoms with Crippen molar-refractivity contribution >= 4 is 15.9 Å². The summed E-state index contributed by atoms with van der Waals surface area (Å²) in [5, 5.41) is 9.91. The van der Waals surface area contributed by atoms with E-state index in [0.29, 0.717) is 0 Å². The SMILES string of the molecule is Cc1ccc(O)c(C(=O)N2CCN(S(=O)(=O)c3cccnc3)CC2)c1. The fourth-order valence-corrected chi connectivity index (χ4v) is 4.16. The Morgan fingerprint density at radius 2 is 1.88 bits per heavy atom. The van der Waals surface area contributed by atoms with Gasteiger partial charge in [0.1, 0.15) is 10.6 Å². The third-order valence-corrected chi connectivity index (χ3v) is 6.06. The van der Waals surface area contributed by atoms with E-state index in [1.165, 1.54) is 28.8 Å². The third-order valence-electron chi connectivity index (χ3n) is 4.18. The van der Waals surface area contributed by atoms with E-state index in [4.69, 9.17) is 0 Å². The van der Waals surface area contributed by atoms with Crippen LogP contribution in [0.5, 0.6) is 5.75 Å². The number of nitrogens with zero attached hydrogens (tertiary/aromatic N) is 3. The number of aryl methyl sites for hydroxylation is 1. The first kappa shape index (κ1) is 17.4. The zero-order chi connectivity index (χ0) is 18.0. The third kappa shape index (κ3) is 3.49. The minimum atomic E-state index is -3.61. The fraction of sp³-hybridized carbons (Fsp3) is 0.294. The van der Waals surface area contributed by atoms with E-state index >= 15 is 0 Å². The second-order valence-electron chi connectivity index (χ2n) is 5.91. The van der Waals surface area contributed by atoms with Crippen LogP contribution >= 0.6 is 0 Å². The molecule has 0 atom stereocenters. The molecule has 0 radical (unpaired) electrons. The molecule has 1 amide bonds. The summed E-state index contributed by atoms with van der Waals surface area (Å²) in [5.74, 6) is -0.361. The van der Waals surface area contributed by atoms with Crippen LogP contribution < -0.4 is 0 Å². The van der Waals surface area contributed by atoms with Gasteiger partial charge in [0.05, 0.1) is 5.56 Å². The minimum Gasteiger partial charge on any atom is -0.507 e. The van der Waals surface area contributed by atoms with Crippen molar-refractivity contribution in [1.82, 2.24) is 14.2 Å². The molecule has 0 bridgehead atoms. The predicted molar refractivity (Wildman–Crippen MR) is 91.7 cm³/mol. The highest BCUT2D eigenvalue weighted by Gasteiger charge is 2.31. The molecular formula is C17H19N3O4S. The number of phenolic OH excluding ortho intramolecular Hbond substituents is 1. The number of sulfonamides is 1. The molecule has 3 rings (SSSR count). The van der Waals surface area contributed by atoms with Crippen LogP contribution in [0.1, 0.15) is 15.9 Å². The van der Waals surface area contributed by atoms with Crippen molar-refractivity contribution in [3.05, 3.63) is 53.9 Å². The number of carbonyl (C=O) groups excluding carboxylic acids is 1. The lowest BCUT2D eigenvalue weighted by Crippen LogP contribution is -2.50. The van der Waals surface area contributed by atoms with Crippen LogP contribution in [0.25, 0.3) is 0 Å². The van der Waals surface area contributed by atoms with Gasteiger partial charge in [-0.3, -0.25) is 9.78 Å². The van der Waals surface area contributed by atoms with Gasteiger partial charge in [-0.2, -0.15) is 4.31 Å². The number of amides is 1. The standard InChI is InChI=1S/C17H19N3O4S/c1-13-4-5-16(21)15(11-13)17(22)19-7-9-20(10-8-19)25(23,24)14-3-2-6-18-12-14/h2-6,11-12,21H,7-10H2,1H3. The first-order valence-electron chi connectivity index (χ1n) is 7.88. The summed E-state index contributed by atoms with van der Waals surface area (Å²) in [6.07, 6.45) is 2.83. The summed E-state index contributed by atoms with van der Waals surface area (Å²) < 4.78 is 26.5. The van der Waals surface area contributed by atoms with Crippen molar-refractivity contribution in [2.75, 3.05) is 26.2 Å². The van der Waals surface area contributed by atoms with E-state index in [9.17, 15) is 18.3 Å². The number of rotatable bonds is 3. The van der Waals surface area contributed by atoms with E-state index in [1.54, 1.807) is 23.1 Å². The highest BCUT2D eigenvalue weighted by Crippen LogP contribution is 2.22. The Bertz CT molecular complexity index is 876. The van der Waals surface area contributed by atoms with Gasteiger partial charge >= 0.3 is 0 Å². The van der Waals surface area contributed by atoms with Gasteiger partial charge in [0.2, 0.25) is 10.0 Å². The van der Waals surface area contributed by atoms with Gasteiger partial charge in [0.25, 0.3) is 5.91 Å². The lowest BCUT2D eigenvalue weighted by Gasteiger charge is -2.34. The Hall–Kier alpha value is -2.45. The van der Waals surface area contributed by atoms with Crippen LogP contribution in [0, 0.1) is 6.92 Å². The molecule has 0 unspecified atom stereocenters. The molecule has 1 N–H and O–H groups in total. The molecule has 132 valence electrons. The quantitative estimate of drug-likeness (QED) is 0.888. The highest BCUT2D eigenvalue weighted by molar-refractivity contribution is 7.89. The van der Waals surface area contributed by atoms with E-state index in [0.717, 1.165) is 5.56 Å². The van der Waals surface area contributed by atoms with Gasteiger partial charge in [0, 0.05) is 38.6 Å². The molecule has 2 heterocycles. The topological polar surface area (TPSA) is 90.8 Å². The molecule has 0 saturated carbocycles. The molecule has 1 aliphatic rings. The summed E-state index contributed by atoms with van der Waals surface area (Å²) in [6.45, 7) is 2.79. The van der Waals surface area contributed by atoms with Crippen LogP contribution in [0.3, 0.4) is 0 Å². The zero-order valence-electron chi connectivity index (χ0n) is 13.8. The molecule has 2 aromatic rings. The maximum absolute atomic E-state index is 12.6. The molecule has 8 heteroatoms. The van der Waals surface area contributed by atoms with Crippen LogP contribution in [-0.2, 0) is 10.0 Å². The largest absolute Gasteiger partial charge is 0.507 e. The molecular weight excluding hydrogens is 342 g/mol. The molecule has 1 aromatic carbocycles. The number of aromatic hydroxyl groups is 1. The first-order chi connectivity index (χ1) is 11.9. The Kier molecular flexibility index (Phi) is 4.73. The fourth-order valence-electron chi connectivity index (χ4n) is 2.77. The Morgan fingerprint density at radius 3 is 2.52 bits per heavy atom. The van der Waals surface area contributed by atoms with Crippen molar-refractivity contribution in [1.29, 1.82) is 0 Å². The van der Waals surface area contributed by atoms with Gasteiger partial charge in [-0.1, -0.05) is 11.6 Å². The predicted octanol–water partition coefficient (Wildman–Crippen LogP) is 1.24.